The van der Waals surface area contributed by atoms with E-state index in [4.69, 9.17) is 14.6 Å². The van der Waals surface area contributed by atoms with Crippen molar-refractivity contribution in [1.82, 2.24) is 5.32 Å². The zero-order valence-electron chi connectivity index (χ0n) is 20.5. The van der Waals surface area contributed by atoms with Gasteiger partial charge in [-0.05, 0) is 104 Å². The molecule has 184 valence electrons. The lowest BCUT2D eigenvalue weighted by atomic mass is 9.87. The second-order valence-corrected chi connectivity index (χ2v) is 9.90. The number of aryl methyl sites for hydroxylation is 3. The van der Waals surface area contributed by atoms with Crippen molar-refractivity contribution in [3.8, 4) is 11.5 Å². The van der Waals surface area contributed by atoms with Crippen LogP contribution in [0.5, 0.6) is 11.5 Å². The molecule has 0 spiro atoms. The monoisotopic (exact) mass is 471 g/mol. The number of piperidine rings is 1. The molecule has 0 amide bonds. The Kier molecular flexibility index (Phi) is 8.14. The first-order chi connectivity index (χ1) is 17.3. The molecule has 2 N–H and O–H groups in total. The molecule has 0 aromatic heterocycles. The molecular weight excluding hydrogens is 434 g/mol. The zero-order chi connectivity index (χ0) is 23.9. The Labute approximate surface area is 209 Å². The Morgan fingerprint density at radius 1 is 0.829 bits per heavy atom. The number of hydrogen-bond acceptors (Lipinski definition) is 4. The molecule has 1 fully saturated rings. The molecule has 3 aromatic rings. The van der Waals surface area contributed by atoms with Crippen LogP contribution in [-0.4, -0.2) is 30.9 Å². The summed E-state index contributed by atoms with van der Waals surface area (Å²) in [6, 6.07) is 23.7. The molecule has 4 heteroatoms. The predicted octanol–water partition coefficient (Wildman–Crippen LogP) is 5.94. The van der Waals surface area contributed by atoms with Crippen molar-refractivity contribution in [2.75, 3.05) is 19.7 Å². The highest BCUT2D eigenvalue weighted by Gasteiger charge is 2.27. The van der Waals surface area contributed by atoms with E-state index in [1.165, 1.54) is 47.1 Å². The van der Waals surface area contributed by atoms with Gasteiger partial charge in [0.15, 0.2) is 0 Å². The Hall–Kier alpha value is -2.66. The summed E-state index contributed by atoms with van der Waals surface area (Å²) in [6.07, 6.45) is 7.80. The second-order valence-electron chi connectivity index (χ2n) is 9.90. The van der Waals surface area contributed by atoms with Crippen LogP contribution >= 0.6 is 0 Å². The summed E-state index contributed by atoms with van der Waals surface area (Å²) >= 11 is 0. The molecule has 2 aliphatic rings. The van der Waals surface area contributed by atoms with Gasteiger partial charge in [-0.1, -0.05) is 42.5 Å². The van der Waals surface area contributed by atoms with Crippen LogP contribution < -0.4 is 10.1 Å². The van der Waals surface area contributed by atoms with Crippen LogP contribution in [0.1, 0.15) is 59.4 Å². The number of aliphatic hydroxyl groups excluding tert-OH is 1. The van der Waals surface area contributed by atoms with Crippen molar-refractivity contribution in [1.29, 1.82) is 0 Å². The maximum absolute atomic E-state index is 8.94. The summed E-state index contributed by atoms with van der Waals surface area (Å²) in [5, 5.41) is 12.5. The van der Waals surface area contributed by atoms with E-state index in [2.05, 4.69) is 59.9 Å². The third-order valence-corrected chi connectivity index (χ3v) is 7.39. The van der Waals surface area contributed by atoms with Crippen LogP contribution in [0.2, 0.25) is 0 Å². The van der Waals surface area contributed by atoms with Gasteiger partial charge in [0.25, 0.3) is 0 Å². The number of hydrogen-bond donors (Lipinski definition) is 2. The van der Waals surface area contributed by atoms with E-state index in [1.807, 2.05) is 12.1 Å². The van der Waals surface area contributed by atoms with E-state index in [1.54, 1.807) is 0 Å². The summed E-state index contributed by atoms with van der Waals surface area (Å²) in [5.74, 6) is 2.09. The number of unbranched alkanes of at least 4 members (excludes halogenated alkanes) is 1. The van der Waals surface area contributed by atoms with Crippen LogP contribution in [0.25, 0.3) is 0 Å². The molecule has 1 saturated heterocycles. The number of aliphatic hydroxyl groups is 1. The molecule has 1 aliphatic heterocycles. The first-order valence-electron chi connectivity index (χ1n) is 13.2. The molecule has 4 nitrogen and oxygen atoms in total. The van der Waals surface area contributed by atoms with Gasteiger partial charge in [0.2, 0.25) is 0 Å². The quantitative estimate of drug-likeness (QED) is 0.359. The van der Waals surface area contributed by atoms with Gasteiger partial charge in [-0.25, -0.2) is 0 Å². The van der Waals surface area contributed by atoms with Gasteiger partial charge in [0.1, 0.15) is 11.5 Å². The minimum Gasteiger partial charge on any atom is -0.457 e. The number of benzene rings is 3. The fourth-order valence-corrected chi connectivity index (χ4v) is 5.39. The Morgan fingerprint density at radius 3 is 2.37 bits per heavy atom. The fraction of sp³-hybridized carbons (Fsp3) is 0.419. The van der Waals surface area contributed by atoms with E-state index in [9.17, 15) is 0 Å². The van der Waals surface area contributed by atoms with E-state index >= 15 is 0 Å². The van der Waals surface area contributed by atoms with Crippen molar-refractivity contribution in [2.45, 2.75) is 63.6 Å². The van der Waals surface area contributed by atoms with E-state index in [0.29, 0.717) is 12.5 Å². The highest BCUT2D eigenvalue weighted by Crippen LogP contribution is 2.31. The number of ether oxygens (including phenoxy) is 2. The molecule has 0 radical (unpaired) electrons. The molecule has 1 aliphatic carbocycles. The van der Waals surface area contributed by atoms with E-state index in [-0.39, 0.29) is 12.7 Å². The van der Waals surface area contributed by atoms with E-state index in [0.717, 1.165) is 50.3 Å². The zero-order valence-corrected chi connectivity index (χ0v) is 20.5. The van der Waals surface area contributed by atoms with Crippen molar-refractivity contribution in [2.24, 2.45) is 0 Å². The summed E-state index contributed by atoms with van der Waals surface area (Å²) in [5.41, 5.74) is 6.91. The Morgan fingerprint density at radius 2 is 1.57 bits per heavy atom. The summed E-state index contributed by atoms with van der Waals surface area (Å²) in [6.45, 7) is 2.84. The minimum absolute atomic E-state index is 0.169. The minimum atomic E-state index is 0.169. The molecule has 0 bridgehead atoms. The van der Waals surface area contributed by atoms with Crippen LogP contribution in [-0.2, 0) is 30.6 Å². The topological polar surface area (TPSA) is 50.7 Å². The standard InChI is InChI=1S/C31H37NO3/c33-19-2-1-4-23-8-13-28(14-9-23)35-29-15-11-26(12-16-29)30-17-18-32-21-31(30)34-22-24-7-10-25-5-3-6-27(25)20-24/h7-16,20,30-33H,1-6,17-19,21-22H2. The average molecular weight is 472 g/mol. The van der Waals surface area contributed by atoms with Crippen LogP contribution in [0.15, 0.2) is 66.7 Å². The van der Waals surface area contributed by atoms with Crippen molar-refractivity contribution < 1.29 is 14.6 Å². The van der Waals surface area contributed by atoms with Gasteiger partial charge in [-0.15, -0.1) is 0 Å². The van der Waals surface area contributed by atoms with Crippen LogP contribution in [0, 0.1) is 0 Å². The predicted molar refractivity (Wildman–Crippen MR) is 140 cm³/mol. The van der Waals surface area contributed by atoms with Crippen LogP contribution in [0.3, 0.4) is 0 Å². The maximum atomic E-state index is 8.94. The van der Waals surface area contributed by atoms with E-state index < -0.39 is 0 Å². The molecule has 3 aromatic carbocycles. The molecule has 0 saturated carbocycles. The van der Waals surface area contributed by atoms with Gasteiger partial charge in [-0.3, -0.25) is 0 Å². The molecule has 35 heavy (non-hydrogen) atoms. The van der Waals surface area contributed by atoms with Gasteiger partial charge < -0.3 is 19.9 Å². The lowest BCUT2D eigenvalue weighted by molar-refractivity contribution is 0.0106. The average Bonchev–Trinajstić information content (AvgIpc) is 3.37. The summed E-state index contributed by atoms with van der Waals surface area (Å²) < 4.78 is 12.5. The second kappa shape index (κ2) is 11.9. The SMILES string of the molecule is OCCCCc1ccc(Oc2ccc(C3CCNCC3OCc3ccc4c(c3)CCC4)cc2)cc1. The Balaban J connectivity index is 1.18. The normalized spacial score (nSPS) is 19.5. The van der Waals surface area contributed by atoms with Crippen molar-refractivity contribution in [3.63, 3.8) is 0 Å². The number of fused-ring (bicyclic) bond motifs is 1. The first kappa shape index (κ1) is 24.1. The molecule has 1 heterocycles. The van der Waals surface area contributed by atoms with Gasteiger partial charge in [-0.2, -0.15) is 0 Å². The van der Waals surface area contributed by atoms with Gasteiger partial charge in [0.05, 0.1) is 12.7 Å². The summed E-state index contributed by atoms with van der Waals surface area (Å²) in [4.78, 5) is 0. The van der Waals surface area contributed by atoms with Gasteiger partial charge >= 0.3 is 0 Å². The van der Waals surface area contributed by atoms with Crippen molar-refractivity contribution >= 4 is 0 Å². The van der Waals surface area contributed by atoms with Crippen LogP contribution in [0.4, 0.5) is 0 Å². The highest BCUT2D eigenvalue weighted by molar-refractivity contribution is 5.37. The largest absolute Gasteiger partial charge is 0.457 e. The highest BCUT2D eigenvalue weighted by atomic mass is 16.5. The van der Waals surface area contributed by atoms with Crippen molar-refractivity contribution in [3.05, 3.63) is 94.5 Å². The number of nitrogens with one attached hydrogen (secondary N) is 1. The fourth-order valence-electron chi connectivity index (χ4n) is 5.39. The molecule has 5 rings (SSSR count). The lowest BCUT2D eigenvalue weighted by Crippen LogP contribution is -2.40. The molecule has 2 atom stereocenters. The molecular formula is C31H37NO3. The first-order valence-corrected chi connectivity index (χ1v) is 13.2. The maximum Gasteiger partial charge on any atom is 0.127 e. The third-order valence-electron chi connectivity index (χ3n) is 7.39. The lowest BCUT2D eigenvalue weighted by Gasteiger charge is -2.32. The smallest absolute Gasteiger partial charge is 0.127 e. The molecule has 2 unspecified atom stereocenters. The Bertz CT molecular complexity index is 1080. The number of rotatable bonds is 10. The summed E-state index contributed by atoms with van der Waals surface area (Å²) in [7, 11) is 0. The van der Waals surface area contributed by atoms with Gasteiger partial charge in [0, 0.05) is 19.1 Å². The third kappa shape index (κ3) is 6.32.